The van der Waals surface area contributed by atoms with Gasteiger partial charge in [0.05, 0.1) is 24.0 Å². The van der Waals surface area contributed by atoms with E-state index in [1.54, 1.807) is 42.6 Å². The topological polar surface area (TPSA) is 94.2 Å². The van der Waals surface area contributed by atoms with Crippen molar-refractivity contribution in [2.24, 2.45) is 0 Å². The number of amides is 2. The van der Waals surface area contributed by atoms with Gasteiger partial charge >= 0.3 is 6.03 Å². The molecule has 2 aromatic carbocycles. The highest BCUT2D eigenvalue weighted by atomic mass is 35.5. The molecule has 0 bridgehead atoms. The molecule has 0 saturated carbocycles. The third-order valence-corrected chi connectivity index (χ3v) is 4.98. The smallest absolute Gasteiger partial charge is 0.323 e. The fourth-order valence-corrected chi connectivity index (χ4v) is 3.52. The molecular weight excluding hydrogens is 421 g/mol. The number of benzene rings is 2. The Hall–Kier alpha value is -3.78. The molecule has 4 N–H and O–H groups in total. The van der Waals surface area contributed by atoms with Gasteiger partial charge in [-0.1, -0.05) is 11.6 Å². The quantitative estimate of drug-likeness (QED) is 0.402. The Bertz CT molecular complexity index is 1270. The van der Waals surface area contributed by atoms with Gasteiger partial charge in [-0.3, -0.25) is 0 Å². The number of hydrogen-bond donors (Lipinski definition) is 3. The van der Waals surface area contributed by atoms with E-state index in [1.165, 1.54) is 13.2 Å². The Balaban J connectivity index is 1.61. The van der Waals surface area contributed by atoms with Gasteiger partial charge in [0.15, 0.2) is 0 Å². The molecule has 0 aliphatic rings. The number of ether oxygens (including phenoxy) is 1. The van der Waals surface area contributed by atoms with Crippen LogP contribution in [0, 0.1) is 5.82 Å². The summed E-state index contributed by atoms with van der Waals surface area (Å²) < 4.78 is 21.8. The summed E-state index contributed by atoms with van der Waals surface area (Å²) in [6.07, 6.45) is 3.46. The second-order valence-electron chi connectivity index (χ2n) is 6.81. The summed E-state index contributed by atoms with van der Waals surface area (Å²) in [7, 11) is 1.48. The van der Waals surface area contributed by atoms with Crippen molar-refractivity contribution in [2.45, 2.75) is 6.54 Å². The van der Waals surface area contributed by atoms with E-state index in [4.69, 9.17) is 22.1 Å². The van der Waals surface area contributed by atoms with E-state index >= 15 is 0 Å². The number of nitrogen functional groups attached to an aromatic ring is 1. The lowest BCUT2D eigenvalue weighted by Gasteiger charge is -2.13. The summed E-state index contributed by atoms with van der Waals surface area (Å²) in [5.41, 5.74) is 7.90. The molecule has 4 aromatic rings. The van der Waals surface area contributed by atoms with Crippen molar-refractivity contribution >= 4 is 45.7 Å². The minimum Gasteiger partial charge on any atom is -0.495 e. The number of carbonyl (C=O) groups is 1. The number of urea groups is 1. The monoisotopic (exact) mass is 439 g/mol. The molecule has 0 fully saturated rings. The van der Waals surface area contributed by atoms with Crippen molar-refractivity contribution in [1.82, 2.24) is 9.55 Å². The minimum atomic E-state index is -0.623. The lowest BCUT2D eigenvalue weighted by atomic mass is 10.2. The van der Waals surface area contributed by atoms with Crippen LogP contribution in [-0.4, -0.2) is 22.7 Å². The van der Waals surface area contributed by atoms with Crippen LogP contribution in [0.3, 0.4) is 0 Å². The summed E-state index contributed by atoms with van der Waals surface area (Å²) in [5.74, 6) is 0.308. The van der Waals surface area contributed by atoms with E-state index in [9.17, 15) is 9.18 Å². The number of carbonyl (C=O) groups excluding carboxylic acids is 1. The molecule has 0 saturated heterocycles. The summed E-state index contributed by atoms with van der Waals surface area (Å²) in [6.45, 7) is 0.521. The van der Waals surface area contributed by atoms with Gasteiger partial charge < -0.3 is 25.7 Å². The third kappa shape index (κ3) is 4.39. The second kappa shape index (κ2) is 8.53. The predicted octanol–water partition coefficient (Wildman–Crippen LogP) is 5.11. The zero-order valence-corrected chi connectivity index (χ0v) is 17.3. The molecule has 2 amide bonds. The normalized spacial score (nSPS) is 10.8. The summed E-state index contributed by atoms with van der Waals surface area (Å²) >= 11 is 6.00. The fraction of sp³-hybridized carbons (Fsp3) is 0.0909. The van der Waals surface area contributed by atoms with Crippen LogP contribution in [-0.2, 0) is 6.54 Å². The highest BCUT2D eigenvalue weighted by Gasteiger charge is 2.15. The summed E-state index contributed by atoms with van der Waals surface area (Å²) in [6, 6.07) is 12.6. The molecule has 0 atom stereocenters. The Kier molecular flexibility index (Phi) is 5.64. The highest BCUT2D eigenvalue weighted by Crippen LogP contribution is 2.30. The molecule has 2 heterocycles. The largest absolute Gasteiger partial charge is 0.495 e. The molecule has 31 heavy (non-hydrogen) atoms. The average Bonchev–Trinajstić information content (AvgIpc) is 3.13. The van der Waals surface area contributed by atoms with Crippen molar-refractivity contribution in [3.63, 3.8) is 0 Å². The number of fused-ring (bicyclic) bond motifs is 1. The van der Waals surface area contributed by atoms with Crippen molar-refractivity contribution in [2.75, 3.05) is 23.5 Å². The second-order valence-corrected chi connectivity index (χ2v) is 7.25. The van der Waals surface area contributed by atoms with Crippen LogP contribution >= 0.6 is 11.6 Å². The number of nitrogens with one attached hydrogen (secondary N) is 2. The van der Waals surface area contributed by atoms with Crippen LogP contribution in [0.4, 0.5) is 26.4 Å². The third-order valence-electron chi connectivity index (χ3n) is 4.75. The lowest BCUT2D eigenvalue weighted by molar-refractivity contribution is 0.262. The molecule has 0 aliphatic carbocycles. The van der Waals surface area contributed by atoms with Crippen LogP contribution in [0.15, 0.2) is 60.9 Å². The highest BCUT2D eigenvalue weighted by molar-refractivity contribution is 6.31. The average molecular weight is 440 g/mol. The van der Waals surface area contributed by atoms with E-state index in [2.05, 4.69) is 15.6 Å². The van der Waals surface area contributed by atoms with Gasteiger partial charge in [-0.05, 0) is 54.1 Å². The first-order valence-electron chi connectivity index (χ1n) is 9.34. The standard InChI is InChI=1S/C22H19ClFN5O2/c1-31-19-5-2-14(23)11-17(19)27-22(30)28-21-15-7-9-29(18(15)4-3-16(21)24)12-13-6-8-26-20(25)10-13/h2-11H,12H2,1H3,(H2,25,26)(H2,27,28,30). The summed E-state index contributed by atoms with van der Waals surface area (Å²) in [4.78, 5) is 16.6. The molecule has 7 nitrogen and oxygen atoms in total. The predicted molar refractivity (Wildman–Crippen MR) is 120 cm³/mol. The molecule has 0 radical (unpaired) electrons. The Morgan fingerprint density at radius 3 is 2.81 bits per heavy atom. The van der Waals surface area contributed by atoms with Gasteiger partial charge in [-0.2, -0.15) is 0 Å². The lowest BCUT2D eigenvalue weighted by Crippen LogP contribution is -2.20. The fourth-order valence-electron chi connectivity index (χ4n) is 3.35. The van der Waals surface area contributed by atoms with Crippen molar-refractivity contribution in [3.05, 3.63) is 77.3 Å². The van der Waals surface area contributed by atoms with Crippen LogP contribution in [0.5, 0.6) is 5.75 Å². The van der Waals surface area contributed by atoms with Gasteiger partial charge in [0.25, 0.3) is 0 Å². The Labute approximate surface area is 182 Å². The van der Waals surface area contributed by atoms with Crippen molar-refractivity contribution < 1.29 is 13.9 Å². The molecule has 4 rings (SSSR count). The summed E-state index contributed by atoms with van der Waals surface area (Å²) in [5, 5.41) is 6.23. The Morgan fingerprint density at radius 1 is 1.19 bits per heavy atom. The van der Waals surface area contributed by atoms with Crippen LogP contribution in [0.25, 0.3) is 10.9 Å². The number of rotatable bonds is 5. The van der Waals surface area contributed by atoms with Gasteiger partial charge in [-0.15, -0.1) is 0 Å². The number of nitrogens with two attached hydrogens (primary N) is 1. The van der Waals surface area contributed by atoms with Gasteiger partial charge in [0.2, 0.25) is 0 Å². The van der Waals surface area contributed by atoms with Gasteiger partial charge in [0.1, 0.15) is 17.4 Å². The van der Waals surface area contributed by atoms with E-state index in [0.717, 1.165) is 11.1 Å². The van der Waals surface area contributed by atoms with E-state index in [-0.39, 0.29) is 5.69 Å². The molecule has 0 unspecified atom stereocenters. The number of hydrogen-bond acceptors (Lipinski definition) is 4. The SMILES string of the molecule is COc1ccc(Cl)cc1NC(=O)Nc1c(F)ccc2c1ccn2Cc1ccnc(N)c1. The van der Waals surface area contributed by atoms with E-state index < -0.39 is 11.8 Å². The number of methoxy groups -OCH3 is 1. The maximum Gasteiger partial charge on any atom is 0.323 e. The first kappa shape index (κ1) is 20.5. The molecular formula is C22H19ClFN5O2. The van der Waals surface area contributed by atoms with E-state index in [1.807, 2.05) is 16.8 Å². The van der Waals surface area contributed by atoms with E-state index in [0.29, 0.717) is 34.2 Å². The Morgan fingerprint density at radius 2 is 2.03 bits per heavy atom. The zero-order chi connectivity index (χ0) is 22.0. The maximum atomic E-state index is 14.6. The van der Waals surface area contributed by atoms with Crippen molar-refractivity contribution in [3.8, 4) is 5.75 Å². The maximum absolute atomic E-state index is 14.6. The van der Waals surface area contributed by atoms with Crippen LogP contribution in [0.1, 0.15) is 5.56 Å². The number of anilines is 3. The molecule has 0 spiro atoms. The van der Waals surface area contributed by atoms with Crippen molar-refractivity contribution in [1.29, 1.82) is 0 Å². The van der Waals surface area contributed by atoms with Gasteiger partial charge in [-0.25, -0.2) is 14.2 Å². The zero-order valence-electron chi connectivity index (χ0n) is 16.5. The number of aromatic nitrogens is 2. The minimum absolute atomic E-state index is 0.0731. The van der Waals surface area contributed by atoms with Crippen LogP contribution in [0.2, 0.25) is 5.02 Å². The molecule has 158 valence electrons. The molecule has 9 heteroatoms. The number of pyridine rings is 1. The molecule has 2 aromatic heterocycles. The number of nitrogens with zero attached hydrogens (tertiary/aromatic N) is 2. The first-order chi connectivity index (χ1) is 14.9. The molecule has 0 aliphatic heterocycles. The van der Waals surface area contributed by atoms with Crippen LogP contribution < -0.4 is 21.1 Å². The van der Waals surface area contributed by atoms with Gasteiger partial charge in [0, 0.05) is 29.3 Å². The first-order valence-corrected chi connectivity index (χ1v) is 9.71. The number of halogens is 2.